The molecule has 3 heteroatoms. The van der Waals surface area contributed by atoms with Gasteiger partial charge in [-0.05, 0) is 24.5 Å². The number of aromatic nitrogens is 2. The summed E-state index contributed by atoms with van der Waals surface area (Å²) in [6.07, 6.45) is 1.90. The first-order valence-electron chi connectivity index (χ1n) is 5.64. The second-order valence-electron chi connectivity index (χ2n) is 4.94. The molecular weight excluding hydrogens is 200 g/mol. The van der Waals surface area contributed by atoms with Gasteiger partial charge in [0.2, 0.25) is 5.88 Å². The predicted octanol–water partition coefficient (Wildman–Crippen LogP) is 3.26. The van der Waals surface area contributed by atoms with Crippen molar-refractivity contribution in [2.24, 2.45) is 0 Å². The van der Waals surface area contributed by atoms with Crippen LogP contribution in [-0.4, -0.2) is 16.6 Å². The van der Waals surface area contributed by atoms with E-state index < -0.39 is 0 Å². The summed E-state index contributed by atoms with van der Waals surface area (Å²) in [6, 6.07) is 4.19. The first kappa shape index (κ1) is 11.0. The predicted molar refractivity (Wildman–Crippen MR) is 66.0 cm³/mol. The number of fused-ring (bicyclic) bond motifs is 1. The van der Waals surface area contributed by atoms with E-state index in [4.69, 9.17) is 4.74 Å². The van der Waals surface area contributed by atoms with Gasteiger partial charge < -0.3 is 9.72 Å². The highest BCUT2D eigenvalue weighted by Gasteiger charge is 2.21. The van der Waals surface area contributed by atoms with Crippen molar-refractivity contribution in [2.45, 2.75) is 33.1 Å². The molecule has 16 heavy (non-hydrogen) atoms. The molecule has 0 aliphatic heterocycles. The number of rotatable bonds is 2. The van der Waals surface area contributed by atoms with Gasteiger partial charge >= 0.3 is 0 Å². The lowest BCUT2D eigenvalue weighted by molar-refractivity contribution is 0.317. The summed E-state index contributed by atoms with van der Waals surface area (Å²) in [6.45, 7) is 9.14. The van der Waals surface area contributed by atoms with Crippen LogP contribution in [-0.2, 0) is 5.41 Å². The molecule has 3 nitrogen and oxygen atoms in total. The normalized spacial score (nSPS) is 12.0. The van der Waals surface area contributed by atoms with E-state index in [0.717, 1.165) is 22.5 Å². The molecule has 0 radical (unpaired) electrons. The first-order chi connectivity index (χ1) is 7.52. The summed E-state index contributed by atoms with van der Waals surface area (Å²) in [5.41, 5.74) is 2.08. The highest BCUT2D eigenvalue weighted by atomic mass is 16.5. The number of nitrogens with zero attached hydrogens (tertiary/aromatic N) is 1. The van der Waals surface area contributed by atoms with Crippen LogP contribution in [0.15, 0.2) is 18.3 Å². The Kier molecular flexibility index (Phi) is 2.62. The van der Waals surface area contributed by atoms with Crippen LogP contribution < -0.4 is 4.74 Å². The summed E-state index contributed by atoms with van der Waals surface area (Å²) in [5.74, 6) is 0.741. The van der Waals surface area contributed by atoms with Crippen LogP contribution in [0.3, 0.4) is 0 Å². The van der Waals surface area contributed by atoms with Gasteiger partial charge in [0, 0.05) is 17.1 Å². The molecule has 0 fully saturated rings. The lowest BCUT2D eigenvalue weighted by Gasteiger charge is -2.21. The summed E-state index contributed by atoms with van der Waals surface area (Å²) in [7, 11) is 0. The Labute approximate surface area is 95.8 Å². The standard InChI is InChI=1S/C13H18N2O/c1-5-16-12-10(13(2,3)4)8-9-6-7-14-11(9)15-12/h6-8H,5H2,1-4H3,(H,14,15). The van der Waals surface area contributed by atoms with Gasteiger partial charge in [0.15, 0.2) is 0 Å². The van der Waals surface area contributed by atoms with Crippen molar-refractivity contribution in [3.63, 3.8) is 0 Å². The number of nitrogens with one attached hydrogen (secondary N) is 1. The van der Waals surface area contributed by atoms with Crippen molar-refractivity contribution in [1.29, 1.82) is 0 Å². The van der Waals surface area contributed by atoms with Crippen LogP contribution in [0, 0.1) is 0 Å². The fourth-order valence-electron chi connectivity index (χ4n) is 1.75. The molecule has 0 saturated carbocycles. The van der Waals surface area contributed by atoms with Gasteiger partial charge in [-0.3, -0.25) is 0 Å². The van der Waals surface area contributed by atoms with Crippen molar-refractivity contribution in [3.05, 3.63) is 23.9 Å². The number of pyridine rings is 1. The van der Waals surface area contributed by atoms with E-state index in [0.29, 0.717) is 6.61 Å². The Morgan fingerprint density at radius 3 is 2.75 bits per heavy atom. The van der Waals surface area contributed by atoms with Gasteiger partial charge in [-0.1, -0.05) is 20.8 Å². The molecule has 0 aliphatic carbocycles. The van der Waals surface area contributed by atoms with Gasteiger partial charge in [0.1, 0.15) is 5.65 Å². The topological polar surface area (TPSA) is 37.9 Å². The molecule has 2 rings (SSSR count). The molecule has 2 aromatic rings. The number of hydrogen-bond donors (Lipinski definition) is 1. The second kappa shape index (κ2) is 3.81. The average Bonchev–Trinajstić information content (AvgIpc) is 2.62. The monoisotopic (exact) mass is 218 g/mol. The molecule has 2 heterocycles. The van der Waals surface area contributed by atoms with E-state index in [-0.39, 0.29) is 5.41 Å². The lowest BCUT2D eigenvalue weighted by atomic mass is 9.87. The summed E-state index contributed by atoms with van der Waals surface area (Å²) < 4.78 is 5.61. The third-order valence-corrected chi connectivity index (χ3v) is 2.59. The van der Waals surface area contributed by atoms with E-state index in [1.807, 2.05) is 19.2 Å². The first-order valence-corrected chi connectivity index (χ1v) is 5.64. The minimum absolute atomic E-state index is 0.0446. The summed E-state index contributed by atoms with van der Waals surface area (Å²) >= 11 is 0. The minimum Gasteiger partial charge on any atom is -0.478 e. The molecule has 0 atom stereocenters. The van der Waals surface area contributed by atoms with Crippen LogP contribution in [0.4, 0.5) is 0 Å². The SMILES string of the molecule is CCOc1nc2[nH]ccc2cc1C(C)(C)C. The molecule has 86 valence electrons. The quantitative estimate of drug-likeness (QED) is 0.840. The third-order valence-electron chi connectivity index (χ3n) is 2.59. The Morgan fingerprint density at radius 1 is 1.38 bits per heavy atom. The molecule has 0 amide bonds. The van der Waals surface area contributed by atoms with Crippen molar-refractivity contribution >= 4 is 11.0 Å². The lowest BCUT2D eigenvalue weighted by Crippen LogP contribution is -2.14. The van der Waals surface area contributed by atoms with Gasteiger partial charge in [-0.25, -0.2) is 0 Å². The molecule has 0 spiro atoms. The zero-order valence-corrected chi connectivity index (χ0v) is 10.3. The molecule has 2 aromatic heterocycles. The Morgan fingerprint density at radius 2 is 2.12 bits per heavy atom. The van der Waals surface area contributed by atoms with Crippen LogP contribution in [0.5, 0.6) is 5.88 Å². The average molecular weight is 218 g/mol. The summed E-state index contributed by atoms with van der Waals surface area (Å²) in [5, 5.41) is 1.13. The van der Waals surface area contributed by atoms with E-state index in [2.05, 4.69) is 36.8 Å². The van der Waals surface area contributed by atoms with Crippen molar-refractivity contribution < 1.29 is 4.74 Å². The zero-order chi connectivity index (χ0) is 11.8. The fraction of sp³-hybridized carbons (Fsp3) is 0.462. The van der Waals surface area contributed by atoms with Crippen LogP contribution in [0.25, 0.3) is 11.0 Å². The Bertz CT molecular complexity index is 494. The van der Waals surface area contributed by atoms with E-state index in [1.165, 1.54) is 0 Å². The maximum Gasteiger partial charge on any atom is 0.219 e. The fourth-order valence-corrected chi connectivity index (χ4v) is 1.75. The number of aromatic amines is 1. The van der Waals surface area contributed by atoms with Gasteiger partial charge in [-0.15, -0.1) is 0 Å². The maximum atomic E-state index is 5.61. The maximum absolute atomic E-state index is 5.61. The van der Waals surface area contributed by atoms with Crippen molar-refractivity contribution in [3.8, 4) is 5.88 Å². The zero-order valence-electron chi connectivity index (χ0n) is 10.3. The molecule has 1 N–H and O–H groups in total. The van der Waals surface area contributed by atoms with E-state index >= 15 is 0 Å². The highest BCUT2D eigenvalue weighted by Crippen LogP contribution is 2.32. The van der Waals surface area contributed by atoms with Crippen molar-refractivity contribution in [2.75, 3.05) is 6.61 Å². The molecule has 0 aliphatic rings. The molecule has 0 aromatic carbocycles. The highest BCUT2D eigenvalue weighted by molar-refractivity contribution is 5.77. The van der Waals surface area contributed by atoms with E-state index in [9.17, 15) is 0 Å². The third kappa shape index (κ3) is 1.90. The largest absolute Gasteiger partial charge is 0.478 e. The van der Waals surface area contributed by atoms with Crippen molar-refractivity contribution in [1.82, 2.24) is 9.97 Å². The van der Waals surface area contributed by atoms with Crippen LogP contribution in [0.1, 0.15) is 33.3 Å². The van der Waals surface area contributed by atoms with Crippen LogP contribution >= 0.6 is 0 Å². The molecule has 0 saturated heterocycles. The summed E-state index contributed by atoms with van der Waals surface area (Å²) in [4.78, 5) is 7.62. The minimum atomic E-state index is 0.0446. The number of hydrogen-bond acceptors (Lipinski definition) is 2. The van der Waals surface area contributed by atoms with Crippen LogP contribution in [0.2, 0.25) is 0 Å². The van der Waals surface area contributed by atoms with Gasteiger partial charge in [-0.2, -0.15) is 4.98 Å². The van der Waals surface area contributed by atoms with Gasteiger partial charge in [0.05, 0.1) is 6.61 Å². The Balaban J connectivity index is 2.62. The van der Waals surface area contributed by atoms with Gasteiger partial charge in [0.25, 0.3) is 0 Å². The smallest absolute Gasteiger partial charge is 0.219 e. The molecule has 0 bridgehead atoms. The van der Waals surface area contributed by atoms with E-state index in [1.54, 1.807) is 0 Å². The number of H-pyrrole nitrogens is 1. The number of ether oxygens (including phenoxy) is 1. The molecule has 0 unspecified atom stereocenters. The molecular formula is C13H18N2O. The second-order valence-corrected chi connectivity index (χ2v) is 4.94. The Hall–Kier alpha value is -1.51.